The predicted molar refractivity (Wildman–Crippen MR) is 137 cm³/mol. The van der Waals surface area contributed by atoms with Crippen LogP contribution in [0.1, 0.15) is 23.1 Å². The molecule has 188 valence electrons. The largest absolute Gasteiger partial charge is 0.497 e. The molecule has 9 heteroatoms. The Bertz CT molecular complexity index is 1210. The van der Waals surface area contributed by atoms with Crippen LogP contribution in [-0.4, -0.2) is 73.6 Å². The van der Waals surface area contributed by atoms with E-state index in [0.717, 1.165) is 22.9 Å². The Morgan fingerprint density at radius 3 is 2.19 bits per heavy atom. The predicted octanol–water partition coefficient (Wildman–Crippen LogP) is 3.43. The van der Waals surface area contributed by atoms with Gasteiger partial charge in [-0.25, -0.2) is 9.48 Å². The van der Waals surface area contributed by atoms with Crippen molar-refractivity contribution >= 4 is 23.6 Å². The summed E-state index contributed by atoms with van der Waals surface area (Å²) in [5.41, 5.74) is 2.68. The minimum atomic E-state index is -0.454. The minimum absolute atomic E-state index is 0.120. The van der Waals surface area contributed by atoms with Gasteiger partial charge < -0.3 is 24.0 Å². The molecule has 1 aliphatic heterocycles. The van der Waals surface area contributed by atoms with Crippen molar-refractivity contribution < 1.29 is 23.8 Å². The van der Waals surface area contributed by atoms with E-state index in [4.69, 9.17) is 14.2 Å². The molecule has 1 saturated heterocycles. The number of piperazine rings is 1. The van der Waals surface area contributed by atoms with E-state index < -0.39 is 5.97 Å². The summed E-state index contributed by atoms with van der Waals surface area (Å²) in [6.45, 7) is 4.46. The van der Waals surface area contributed by atoms with Gasteiger partial charge in [-0.15, -0.1) is 0 Å². The molecule has 2 aromatic carbocycles. The summed E-state index contributed by atoms with van der Waals surface area (Å²) in [6, 6.07) is 16.9. The summed E-state index contributed by atoms with van der Waals surface area (Å²) >= 11 is 0. The van der Waals surface area contributed by atoms with Gasteiger partial charge in [-0.05, 0) is 31.2 Å². The Morgan fingerprint density at radius 2 is 1.58 bits per heavy atom. The number of hydrogen-bond acceptors (Lipinski definition) is 7. The summed E-state index contributed by atoms with van der Waals surface area (Å²) in [7, 11) is 3.25. The molecule has 0 spiro atoms. The normalized spacial score (nSPS) is 13.6. The van der Waals surface area contributed by atoms with Gasteiger partial charge in [0.2, 0.25) is 0 Å². The van der Waals surface area contributed by atoms with Gasteiger partial charge in [0, 0.05) is 56.1 Å². The zero-order chi connectivity index (χ0) is 25.5. The van der Waals surface area contributed by atoms with E-state index >= 15 is 0 Å². The molecule has 2 heterocycles. The molecule has 0 unspecified atom stereocenters. The summed E-state index contributed by atoms with van der Waals surface area (Å²) < 4.78 is 17.4. The number of nitrogens with zero attached hydrogens (tertiary/aromatic N) is 4. The fourth-order valence-electron chi connectivity index (χ4n) is 4.05. The van der Waals surface area contributed by atoms with Crippen LogP contribution in [0.5, 0.6) is 11.5 Å². The maximum atomic E-state index is 13.6. The highest BCUT2D eigenvalue weighted by molar-refractivity contribution is 5.94. The van der Waals surface area contributed by atoms with Crippen LogP contribution in [0.3, 0.4) is 0 Å². The molecule has 9 nitrogen and oxygen atoms in total. The van der Waals surface area contributed by atoms with Crippen molar-refractivity contribution in [3.8, 4) is 17.2 Å². The standard InChI is InChI=1S/C27H30N4O5/c1-4-36-26(32)11-10-20-16-25(31(28-20)21-8-6-5-7-9-21)27(33)30-14-12-29(13-15-30)22-17-23(34-2)19-24(18-22)35-3/h5-11,16-19H,4,12-15H2,1-3H3/b11-10+. The second-order valence-electron chi connectivity index (χ2n) is 8.14. The highest BCUT2D eigenvalue weighted by Crippen LogP contribution is 2.29. The zero-order valence-electron chi connectivity index (χ0n) is 20.7. The van der Waals surface area contributed by atoms with Crippen LogP contribution in [0.25, 0.3) is 11.8 Å². The SMILES string of the molecule is CCOC(=O)/C=C/c1cc(C(=O)N2CCN(c3cc(OC)cc(OC)c3)CC2)n(-c2ccccc2)n1. The van der Waals surface area contributed by atoms with Crippen molar-refractivity contribution in [2.75, 3.05) is 51.9 Å². The third kappa shape index (κ3) is 5.68. The zero-order valence-corrected chi connectivity index (χ0v) is 20.7. The number of carbonyl (C=O) groups is 2. The number of anilines is 1. The molecule has 0 saturated carbocycles. The van der Waals surface area contributed by atoms with Crippen molar-refractivity contribution in [3.05, 3.63) is 72.1 Å². The lowest BCUT2D eigenvalue weighted by molar-refractivity contribution is -0.137. The van der Waals surface area contributed by atoms with Gasteiger partial charge in [-0.2, -0.15) is 5.10 Å². The molecule has 1 fully saturated rings. The molecule has 0 atom stereocenters. The Morgan fingerprint density at radius 1 is 0.917 bits per heavy atom. The van der Waals surface area contributed by atoms with Gasteiger partial charge in [0.15, 0.2) is 0 Å². The highest BCUT2D eigenvalue weighted by atomic mass is 16.5. The smallest absolute Gasteiger partial charge is 0.330 e. The van der Waals surface area contributed by atoms with Gasteiger partial charge in [0.1, 0.15) is 17.2 Å². The first kappa shape index (κ1) is 24.8. The summed E-state index contributed by atoms with van der Waals surface area (Å²) in [5.74, 6) is 0.867. The van der Waals surface area contributed by atoms with E-state index in [2.05, 4.69) is 10.00 Å². The Kier molecular flexibility index (Phi) is 7.89. The number of methoxy groups -OCH3 is 2. The lowest BCUT2D eigenvalue weighted by atomic mass is 10.2. The van der Waals surface area contributed by atoms with Gasteiger partial charge in [0.25, 0.3) is 5.91 Å². The van der Waals surface area contributed by atoms with Crippen molar-refractivity contribution in [2.24, 2.45) is 0 Å². The third-order valence-corrected chi connectivity index (χ3v) is 5.89. The molecular weight excluding hydrogens is 460 g/mol. The molecule has 3 aromatic rings. The van der Waals surface area contributed by atoms with Crippen LogP contribution < -0.4 is 14.4 Å². The first-order chi connectivity index (χ1) is 17.5. The fourth-order valence-corrected chi connectivity index (χ4v) is 4.05. The average Bonchev–Trinajstić information content (AvgIpc) is 3.36. The molecule has 0 radical (unpaired) electrons. The number of ether oxygens (including phenoxy) is 3. The molecule has 36 heavy (non-hydrogen) atoms. The molecule has 0 bridgehead atoms. The maximum Gasteiger partial charge on any atom is 0.330 e. The van der Waals surface area contributed by atoms with Crippen molar-refractivity contribution in [3.63, 3.8) is 0 Å². The number of benzene rings is 2. The topological polar surface area (TPSA) is 86.1 Å². The summed E-state index contributed by atoms with van der Waals surface area (Å²) in [6.07, 6.45) is 2.87. The van der Waals surface area contributed by atoms with E-state index in [0.29, 0.717) is 44.2 Å². The van der Waals surface area contributed by atoms with E-state index in [-0.39, 0.29) is 5.91 Å². The molecule has 0 N–H and O–H groups in total. The number of esters is 1. The van der Waals surface area contributed by atoms with Gasteiger partial charge in [-0.3, -0.25) is 4.79 Å². The van der Waals surface area contributed by atoms with Crippen molar-refractivity contribution in [2.45, 2.75) is 6.92 Å². The van der Waals surface area contributed by atoms with Crippen LogP contribution in [0, 0.1) is 0 Å². The number of para-hydroxylation sites is 1. The number of amides is 1. The first-order valence-corrected chi connectivity index (χ1v) is 11.8. The quantitative estimate of drug-likeness (QED) is 0.353. The molecule has 1 aliphatic rings. The molecular formula is C27H30N4O5. The number of carbonyl (C=O) groups excluding carboxylic acids is 2. The number of rotatable bonds is 8. The van der Waals surface area contributed by atoms with Gasteiger partial charge in [0.05, 0.1) is 32.2 Å². The average molecular weight is 491 g/mol. The minimum Gasteiger partial charge on any atom is -0.497 e. The van der Waals surface area contributed by atoms with Crippen molar-refractivity contribution in [1.82, 2.24) is 14.7 Å². The van der Waals surface area contributed by atoms with Crippen LogP contribution in [-0.2, 0) is 9.53 Å². The van der Waals surface area contributed by atoms with Gasteiger partial charge in [-0.1, -0.05) is 18.2 Å². The summed E-state index contributed by atoms with van der Waals surface area (Å²) in [4.78, 5) is 29.4. The lowest BCUT2D eigenvalue weighted by Gasteiger charge is -2.36. The van der Waals surface area contributed by atoms with Crippen LogP contribution >= 0.6 is 0 Å². The first-order valence-electron chi connectivity index (χ1n) is 11.8. The maximum absolute atomic E-state index is 13.6. The molecule has 1 amide bonds. The third-order valence-electron chi connectivity index (χ3n) is 5.89. The molecule has 4 rings (SSSR count). The van der Waals surface area contributed by atoms with Crippen molar-refractivity contribution in [1.29, 1.82) is 0 Å². The number of hydrogen-bond donors (Lipinski definition) is 0. The number of aromatic nitrogens is 2. The van der Waals surface area contributed by atoms with E-state index in [9.17, 15) is 9.59 Å². The van der Waals surface area contributed by atoms with E-state index in [1.54, 1.807) is 38.0 Å². The second kappa shape index (κ2) is 11.4. The fraction of sp³-hybridized carbons (Fsp3) is 0.296. The summed E-state index contributed by atoms with van der Waals surface area (Å²) in [5, 5.41) is 4.57. The Hall–Kier alpha value is -4.27. The van der Waals surface area contributed by atoms with Crippen LogP contribution in [0.15, 0.2) is 60.7 Å². The van der Waals surface area contributed by atoms with Crippen LogP contribution in [0.2, 0.25) is 0 Å². The van der Waals surface area contributed by atoms with Crippen LogP contribution in [0.4, 0.5) is 5.69 Å². The Labute approximate surface area is 210 Å². The highest BCUT2D eigenvalue weighted by Gasteiger charge is 2.26. The Balaban J connectivity index is 1.53. The monoisotopic (exact) mass is 490 g/mol. The lowest BCUT2D eigenvalue weighted by Crippen LogP contribution is -2.49. The van der Waals surface area contributed by atoms with Gasteiger partial charge >= 0.3 is 5.97 Å². The van der Waals surface area contributed by atoms with E-state index in [1.165, 1.54) is 6.08 Å². The molecule has 1 aromatic heterocycles. The molecule has 0 aliphatic carbocycles. The second-order valence-corrected chi connectivity index (χ2v) is 8.14. The van der Waals surface area contributed by atoms with E-state index in [1.807, 2.05) is 53.4 Å².